The average molecular weight is 318 g/mol. The fraction of sp³-hybridized carbons (Fsp3) is 0.133. The van der Waals surface area contributed by atoms with E-state index in [9.17, 15) is 5.26 Å². The van der Waals surface area contributed by atoms with Crippen molar-refractivity contribution in [2.75, 3.05) is 0 Å². The van der Waals surface area contributed by atoms with Crippen LogP contribution in [0.15, 0.2) is 56.7 Å². The van der Waals surface area contributed by atoms with Crippen LogP contribution in [0.1, 0.15) is 18.1 Å². The summed E-state index contributed by atoms with van der Waals surface area (Å²) < 4.78 is 1.06. The van der Waals surface area contributed by atoms with E-state index in [1.165, 1.54) is 5.56 Å². The summed E-state index contributed by atoms with van der Waals surface area (Å²) in [4.78, 5) is 2.15. The number of halogens is 1. The molecular weight excluding hydrogens is 306 g/mol. The fourth-order valence-electron chi connectivity index (χ4n) is 1.60. The molecule has 0 aliphatic heterocycles. The van der Waals surface area contributed by atoms with Gasteiger partial charge in [0, 0.05) is 14.3 Å². The normalized spacial score (nSPS) is 10.1. The highest BCUT2D eigenvalue weighted by atomic mass is 79.9. The first-order valence-electron chi connectivity index (χ1n) is 5.69. The minimum absolute atomic E-state index is 0.752. The molecule has 0 aromatic heterocycles. The Labute approximate surface area is 120 Å². The smallest absolute Gasteiger partial charge is 0.100 e. The van der Waals surface area contributed by atoms with Crippen molar-refractivity contribution in [3.05, 3.63) is 58.1 Å². The molecule has 0 fully saturated rings. The molecule has 0 amide bonds. The lowest BCUT2D eigenvalue weighted by molar-refractivity contribution is 1.12. The molecule has 0 aliphatic carbocycles. The largest absolute Gasteiger partial charge is 0.192 e. The highest BCUT2D eigenvalue weighted by Gasteiger charge is 2.05. The lowest BCUT2D eigenvalue weighted by Gasteiger charge is -2.06. The van der Waals surface area contributed by atoms with E-state index in [1.54, 1.807) is 11.8 Å². The van der Waals surface area contributed by atoms with Crippen LogP contribution >= 0.6 is 27.7 Å². The van der Waals surface area contributed by atoms with Crippen molar-refractivity contribution in [3.8, 4) is 6.07 Å². The Kier molecular flexibility index (Phi) is 4.46. The van der Waals surface area contributed by atoms with Crippen molar-refractivity contribution >= 4 is 27.7 Å². The van der Waals surface area contributed by atoms with Gasteiger partial charge in [0.25, 0.3) is 0 Å². The van der Waals surface area contributed by atoms with Crippen LogP contribution < -0.4 is 0 Å². The van der Waals surface area contributed by atoms with Gasteiger partial charge in [0.2, 0.25) is 0 Å². The lowest BCUT2D eigenvalue weighted by Crippen LogP contribution is -1.86. The highest BCUT2D eigenvalue weighted by molar-refractivity contribution is 9.10. The SMILES string of the molecule is CCc1ccc(Sc2ccc(Br)cc2)c(C#N)c1. The summed E-state index contributed by atoms with van der Waals surface area (Å²) >= 11 is 5.04. The monoisotopic (exact) mass is 317 g/mol. The van der Waals surface area contributed by atoms with Crippen LogP contribution in [-0.4, -0.2) is 0 Å². The number of hydrogen-bond acceptors (Lipinski definition) is 2. The molecule has 0 heterocycles. The number of nitrogens with zero attached hydrogens (tertiary/aromatic N) is 1. The van der Waals surface area contributed by atoms with Crippen LogP contribution in [0.25, 0.3) is 0 Å². The van der Waals surface area contributed by atoms with Gasteiger partial charge in [-0.15, -0.1) is 0 Å². The molecule has 2 aromatic carbocycles. The molecule has 0 saturated heterocycles. The quantitative estimate of drug-likeness (QED) is 0.792. The summed E-state index contributed by atoms with van der Waals surface area (Å²) in [6.45, 7) is 2.10. The number of rotatable bonds is 3. The van der Waals surface area contributed by atoms with Crippen molar-refractivity contribution in [1.82, 2.24) is 0 Å². The topological polar surface area (TPSA) is 23.8 Å². The maximum atomic E-state index is 9.19. The molecule has 0 saturated carbocycles. The zero-order valence-electron chi connectivity index (χ0n) is 9.98. The van der Waals surface area contributed by atoms with Gasteiger partial charge in [-0.25, -0.2) is 0 Å². The third-order valence-corrected chi connectivity index (χ3v) is 4.23. The van der Waals surface area contributed by atoms with E-state index in [-0.39, 0.29) is 0 Å². The van der Waals surface area contributed by atoms with E-state index in [2.05, 4.69) is 35.0 Å². The van der Waals surface area contributed by atoms with Gasteiger partial charge in [-0.1, -0.05) is 40.7 Å². The summed E-state index contributed by atoms with van der Waals surface area (Å²) in [5.41, 5.74) is 1.95. The van der Waals surface area contributed by atoms with Crippen molar-refractivity contribution < 1.29 is 0 Å². The van der Waals surface area contributed by atoms with E-state index in [0.717, 1.165) is 26.2 Å². The molecule has 3 heteroatoms. The zero-order chi connectivity index (χ0) is 13.0. The molecule has 1 nitrogen and oxygen atoms in total. The van der Waals surface area contributed by atoms with E-state index >= 15 is 0 Å². The van der Waals surface area contributed by atoms with E-state index in [1.807, 2.05) is 36.4 Å². The molecule has 2 aromatic rings. The van der Waals surface area contributed by atoms with Crippen LogP contribution in [0.5, 0.6) is 0 Å². The fourth-order valence-corrected chi connectivity index (χ4v) is 2.74. The van der Waals surface area contributed by atoms with E-state index < -0.39 is 0 Å². The van der Waals surface area contributed by atoms with E-state index in [4.69, 9.17) is 0 Å². The average Bonchev–Trinajstić information content (AvgIpc) is 2.41. The third kappa shape index (κ3) is 3.16. The Balaban J connectivity index is 2.29. The second-order valence-electron chi connectivity index (χ2n) is 3.85. The zero-order valence-corrected chi connectivity index (χ0v) is 12.4. The number of nitriles is 1. The summed E-state index contributed by atoms with van der Waals surface area (Å²) in [6.07, 6.45) is 0.956. The van der Waals surface area contributed by atoms with Crippen molar-refractivity contribution in [1.29, 1.82) is 5.26 Å². The lowest BCUT2D eigenvalue weighted by atomic mass is 10.1. The first-order chi connectivity index (χ1) is 8.72. The maximum absolute atomic E-state index is 9.19. The van der Waals surface area contributed by atoms with Crippen molar-refractivity contribution in [3.63, 3.8) is 0 Å². The molecule has 0 unspecified atom stereocenters. The van der Waals surface area contributed by atoms with Gasteiger partial charge in [-0.2, -0.15) is 5.26 Å². The molecule has 0 atom stereocenters. The third-order valence-electron chi connectivity index (χ3n) is 2.61. The van der Waals surface area contributed by atoms with Gasteiger partial charge in [0.15, 0.2) is 0 Å². The van der Waals surface area contributed by atoms with Crippen LogP contribution in [0.4, 0.5) is 0 Å². The minimum atomic E-state index is 0.752. The predicted octanol–water partition coefficient (Wildman–Crippen LogP) is 5.03. The van der Waals surface area contributed by atoms with Gasteiger partial charge >= 0.3 is 0 Å². The number of benzene rings is 2. The Morgan fingerprint density at radius 3 is 2.50 bits per heavy atom. The molecule has 0 radical (unpaired) electrons. The van der Waals surface area contributed by atoms with Crippen molar-refractivity contribution in [2.45, 2.75) is 23.1 Å². The predicted molar refractivity (Wildman–Crippen MR) is 78.8 cm³/mol. The second kappa shape index (κ2) is 6.08. The number of aryl methyl sites for hydroxylation is 1. The summed E-state index contributed by atoms with van der Waals surface area (Å²) in [7, 11) is 0. The number of hydrogen-bond donors (Lipinski definition) is 0. The molecule has 0 N–H and O–H groups in total. The first kappa shape index (κ1) is 13.2. The molecule has 0 bridgehead atoms. The standard InChI is InChI=1S/C15H12BrNS/c1-2-11-3-8-15(12(9-11)10-17)18-14-6-4-13(16)5-7-14/h3-9H,2H2,1H3. The van der Waals surface area contributed by atoms with Gasteiger partial charge in [-0.05, 0) is 48.4 Å². The van der Waals surface area contributed by atoms with Crippen LogP contribution in [0.3, 0.4) is 0 Å². The van der Waals surface area contributed by atoms with Gasteiger partial charge in [-0.3, -0.25) is 0 Å². The molecule has 0 spiro atoms. The molecule has 18 heavy (non-hydrogen) atoms. The Morgan fingerprint density at radius 1 is 1.17 bits per heavy atom. The first-order valence-corrected chi connectivity index (χ1v) is 7.30. The maximum Gasteiger partial charge on any atom is 0.100 e. The Hall–Kier alpha value is -1.24. The van der Waals surface area contributed by atoms with Gasteiger partial charge in [0.05, 0.1) is 5.56 Å². The highest BCUT2D eigenvalue weighted by Crippen LogP contribution is 2.31. The van der Waals surface area contributed by atoms with Crippen LogP contribution in [0.2, 0.25) is 0 Å². The van der Waals surface area contributed by atoms with E-state index in [0.29, 0.717) is 0 Å². The second-order valence-corrected chi connectivity index (χ2v) is 5.88. The van der Waals surface area contributed by atoms with Crippen molar-refractivity contribution in [2.24, 2.45) is 0 Å². The molecule has 0 aliphatic rings. The van der Waals surface area contributed by atoms with Gasteiger partial charge in [0.1, 0.15) is 6.07 Å². The summed E-state index contributed by atoms with van der Waals surface area (Å²) in [5, 5.41) is 9.19. The molecular formula is C15H12BrNS. The summed E-state index contributed by atoms with van der Waals surface area (Å²) in [6, 6.07) is 16.5. The van der Waals surface area contributed by atoms with Gasteiger partial charge < -0.3 is 0 Å². The van der Waals surface area contributed by atoms with Crippen LogP contribution in [-0.2, 0) is 6.42 Å². The Bertz CT molecular complexity index is 584. The molecule has 90 valence electrons. The summed E-state index contributed by atoms with van der Waals surface area (Å²) in [5.74, 6) is 0. The molecule has 2 rings (SSSR count). The Morgan fingerprint density at radius 2 is 1.89 bits per heavy atom. The minimum Gasteiger partial charge on any atom is -0.192 e. The van der Waals surface area contributed by atoms with Crippen LogP contribution in [0, 0.1) is 11.3 Å².